The highest BCUT2D eigenvalue weighted by Gasteiger charge is 2.15. The van der Waals surface area contributed by atoms with E-state index in [1.165, 1.54) is 0 Å². The molecule has 0 saturated carbocycles. The lowest BCUT2D eigenvalue weighted by molar-refractivity contribution is 0.183. The molecule has 1 atom stereocenters. The van der Waals surface area contributed by atoms with Crippen LogP contribution in [0.25, 0.3) is 0 Å². The average molecular weight is 183 g/mol. The maximum absolute atomic E-state index is 5.88. The molecule has 0 spiro atoms. The van der Waals surface area contributed by atoms with E-state index in [1.807, 2.05) is 18.5 Å². The minimum atomic E-state index is 0.255. The van der Waals surface area contributed by atoms with E-state index in [1.54, 1.807) is 7.11 Å². The fourth-order valence-electron chi connectivity index (χ4n) is 1.34. The summed E-state index contributed by atoms with van der Waals surface area (Å²) in [6.45, 7) is 4.65. The van der Waals surface area contributed by atoms with Gasteiger partial charge in [0.05, 0.1) is 12.3 Å². The molecule has 0 saturated heterocycles. The highest BCUT2D eigenvalue weighted by molar-refractivity contribution is 5.39. The van der Waals surface area contributed by atoms with Gasteiger partial charge in [-0.25, -0.2) is 4.98 Å². The lowest BCUT2D eigenvalue weighted by Gasteiger charge is -2.07. The zero-order valence-electron chi connectivity index (χ0n) is 8.66. The van der Waals surface area contributed by atoms with Crippen LogP contribution >= 0.6 is 0 Å². The number of ether oxygens (including phenoxy) is 1. The average Bonchev–Trinajstić information content (AvgIpc) is 2.33. The SMILES string of the molecule is COCC(C)c1nc(C)n(C)c1N. The Balaban J connectivity index is 2.94. The first-order chi connectivity index (χ1) is 6.07. The number of nitrogens with zero attached hydrogens (tertiary/aromatic N) is 2. The first-order valence-corrected chi connectivity index (χ1v) is 4.35. The molecule has 74 valence electrons. The van der Waals surface area contributed by atoms with E-state index in [9.17, 15) is 0 Å². The van der Waals surface area contributed by atoms with Crippen molar-refractivity contribution in [3.05, 3.63) is 11.5 Å². The number of rotatable bonds is 3. The van der Waals surface area contributed by atoms with Crippen molar-refractivity contribution in [2.75, 3.05) is 19.5 Å². The molecule has 13 heavy (non-hydrogen) atoms. The minimum Gasteiger partial charge on any atom is -0.384 e. The molecule has 1 aromatic rings. The van der Waals surface area contributed by atoms with Crippen LogP contribution in [0.3, 0.4) is 0 Å². The third-order valence-electron chi connectivity index (χ3n) is 2.27. The summed E-state index contributed by atoms with van der Waals surface area (Å²) in [5, 5.41) is 0. The van der Waals surface area contributed by atoms with Gasteiger partial charge in [0.2, 0.25) is 0 Å². The monoisotopic (exact) mass is 183 g/mol. The van der Waals surface area contributed by atoms with Crippen LogP contribution in [0.15, 0.2) is 0 Å². The van der Waals surface area contributed by atoms with Gasteiger partial charge in [0, 0.05) is 20.1 Å². The number of methoxy groups -OCH3 is 1. The molecular formula is C9H17N3O. The van der Waals surface area contributed by atoms with Gasteiger partial charge < -0.3 is 15.0 Å². The van der Waals surface area contributed by atoms with Crippen LogP contribution in [-0.2, 0) is 11.8 Å². The van der Waals surface area contributed by atoms with E-state index < -0.39 is 0 Å². The molecule has 4 heteroatoms. The molecule has 0 amide bonds. The Morgan fingerprint density at radius 2 is 2.23 bits per heavy atom. The van der Waals surface area contributed by atoms with Gasteiger partial charge >= 0.3 is 0 Å². The summed E-state index contributed by atoms with van der Waals surface area (Å²) in [7, 11) is 3.60. The Bertz CT molecular complexity index is 293. The van der Waals surface area contributed by atoms with Gasteiger partial charge in [0.15, 0.2) is 0 Å². The molecule has 0 aromatic carbocycles. The number of nitrogen functional groups attached to an aromatic ring is 1. The predicted molar refractivity (Wildman–Crippen MR) is 52.6 cm³/mol. The Morgan fingerprint density at radius 1 is 1.62 bits per heavy atom. The van der Waals surface area contributed by atoms with Crippen molar-refractivity contribution in [1.82, 2.24) is 9.55 Å². The molecule has 1 rings (SSSR count). The van der Waals surface area contributed by atoms with Crippen LogP contribution in [0.5, 0.6) is 0 Å². The topological polar surface area (TPSA) is 53.1 Å². The van der Waals surface area contributed by atoms with Crippen molar-refractivity contribution in [2.24, 2.45) is 7.05 Å². The van der Waals surface area contributed by atoms with Crippen molar-refractivity contribution in [2.45, 2.75) is 19.8 Å². The standard InChI is InChI=1S/C9H17N3O/c1-6(5-13-4)8-9(10)12(3)7(2)11-8/h6H,5,10H2,1-4H3. The molecule has 1 unspecified atom stereocenters. The zero-order chi connectivity index (χ0) is 10.0. The molecule has 0 radical (unpaired) electrons. The number of anilines is 1. The number of imidazole rings is 1. The van der Waals surface area contributed by atoms with Crippen LogP contribution in [0.4, 0.5) is 5.82 Å². The quantitative estimate of drug-likeness (QED) is 0.762. The summed E-state index contributed by atoms with van der Waals surface area (Å²) in [5.74, 6) is 1.93. The fourth-order valence-corrected chi connectivity index (χ4v) is 1.34. The van der Waals surface area contributed by atoms with Gasteiger partial charge in [-0.05, 0) is 6.92 Å². The number of aryl methyl sites for hydroxylation is 1. The molecule has 4 nitrogen and oxygen atoms in total. The van der Waals surface area contributed by atoms with Gasteiger partial charge in [-0.2, -0.15) is 0 Å². The van der Waals surface area contributed by atoms with Crippen LogP contribution in [0, 0.1) is 6.92 Å². The van der Waals surface area contributed by atoms with E-state index in [-0.39, 0.29) is 5.92 Å². The normalized spacial score (nSPS) is 13.2. The molecule has 0 aliphatic rings. The Hall–Kier alpha value is -1.03. The largest absolute Gasteiger partial charge is 0.384 e. The van der Waals surface area contributed by atoms with Crippen molar-refractivity contribution in [3.63, 3.8) is 0 Å². The number of hydrogen-bond donors (Lipinski definition) is 1. The summed E-state index contributed by atoms with van der Waals surface area (Å²) < 4.78 is 6.95. The molecule has 1 heterocycles. The van der Waals surface area contributed by atoms with Crippen LogP contribution in [0.2, 0.25) is 0 Å². The van der Waals surface area contributed by atoms with Gasteiger partial charge in [0.25, 0.3) is 0 Å². The van der Waals surface area contributed by atoms with Gasteiger partial charge in [-0.15, -0.1) is 0 Å². The fraction of sp³-hybridized carbons (Fsp3) is 0.667. The van der Waals surface area contributed by atoms with Gasteiger partial charge in [-0.3, -0.25) is 0 Å². The molecule has 0 aliphatic carbocycles. The Kier molecular flexibility index (Phi) is 2.93. The highest BCUT2D eigenvalue weighted by Crippen LogP contribution is 2.21. The second kappa shape index (κ2) is 3.79. The predicted octanol–water partition coefficient (Wildman–Crippen LogP) is 1.06. The smallest absolute Gasteiger partial charge is 0.126 e. The van der Waals surface area contributed by atoms with Crippen LogP contribution in [-0.4, -0.2) is 23.3 Å². The second-order valence-corrected chi connectivity index (χ2v) is 3.34. The highest BCUT2D eigenvalue weighted by atomic mass is 16.5. The van der Waals surface area contributed by atoms with Gasteiger partial charge in [-0.1, -0.05) is 6.92 Å². The first-order valence-electron chi connectivity index (χ1n) is 4.35. The minimum absolute atomic E-state index is 0.255. The second-order valence-electron chi connectivity index (χ2n) is 3.34. The van der Waals surface area contributed by atoms with E-state index in [2.05, 4.69) is 11.9 Å². The molecule has 0 fully saturated rings. The summed E-state index contributed by atoms with van der Waals surface area (Å²) in [5.41, 5.74) is 6.81. The van der Waals surface area contributed by atoms with E-state index in [0.29, 0.717) is 6.61 Å². The Labute approximate surface area is 78.7 Å². The molecule has 0 bridgehead atoms. The number of hydrogen-bond acceptors (Lipinski definition) is 3. The Morgan fingerprint density at radius 3 is 2.62 bits per heavy atom. The summed E-state index contributed by atoms with van der Waals surface area (Å²) in [6, 6.07) is 0. The van der Waals surface area contributed by atoms with Crippen LogP contribution < -0.4 is 5.73 Å². The molecule has 1 aromatic heterocycles. The van der Waals surface area contributed by atoms with E-state index in [4.69, 9.17) is 10.5 Å². The summed E-state index contributed by atoms with van der Waals surface area (Å²) >= 11 is 0. The van der Waals surface area contributed by atoms with Crippen molar-refractivity contribution < 1.29 is 4.74 Å². The number of nitrogens with two attached hydrogens (primary N) is 1. The zero-order valence-corrected chi connectivity index (χ0v) is 8.66. The lowest BCUT2D eigenvalue weighted by atomic mass is 10.1. The van der Waals surface area contributed by atoms with E-state index >= 15 is 0 Å². The molecule has 0 aliphatic heterocycles. The van der Waals surface area contributed by atoms with Crippen molar-refractivity contribution in [3.8, 4) is 0 Å². The maximum atomic E-state index is 5.88. The third-order valence-corrected chi connectivity index (χ3v) is 2.27. The number of aromatic nitrogens is 2. The van der Waals surface area contributed by atoms with Gasteiger partial charge in [0.1, 0.15) is 11.6 Å². The summed E-state index contributed by atoms with van der Waals surface area (Å²) in [6.07, 6.45) is 0. The van der Waals surface area contributed by atoms with Crippen molar-refractivity contribution in [1.29, 1.82) is 0 Å². The lowest BCUT2D eigenvalue weighted by Crippen LogP contribution is -2.06. The first kappa shape index (κ1) is 10.1. The van der Waals surface area contributed by atoms with E-state index in [0.717, 1.165) is 17.3 Å². The summed E-state index contributed by atoms with van der Waals surface area (Å²) in [4.78, 5) is 4.39. The molecular weight excluding hydrogens is 166 g/mol. The maximum Gasteiger partial charge on any atom is 0.126 e. The molecule has 2 N–H and O–H groups in total. The van der Waals surface area contributed by atoms with Crippen LogP contribution in [0.1, 0.15) is 24.4 Å². The van der Waals surface area contributed by atoms with Crippen molar-refractivity contribution >= 4 is 5.82 Å². The third kappa shape index (κ3) is 1.83.